The molecule has 0 spiro atoms. The molecule has 0 aliphatic carbocycles. The predicted octanol–water partition coefficient (Wildman–Crippen LogP) is 3.32. The first-order chi connectivity index (χ1) is 7.93. The molecule has 0 bridgehead atoms. The second kappa shape index (κ2) is 7.23. The molecule has 1 rings (SSSR count). The third-order valence-electron chi connectivity index (χ3n) is 1.90. The van der Waals surface area contributed by atoms with Crippen LogP contribution in [0.1, 0.15) is 5.56 Å². The highest BCUT2D eigenvalue weighted by Gasteiger charge is 2.29. The van der Waals surface area contributed by atoms with Gasteiger partial charge in [-0.05, 0) is 30.3 Å². The standard InChI is InChI=1S/C11H11F4NO.ClH/c12-9(5-6-16)7-17-10-3-1-8(2-4-10)11(13,14)15;/h1-5H,6-7,16H2;1H/b9-5+;. The summed E-state index contributed by atoms with van der Waals surface area (Å²) in [4.78, 5) is 0. The minimum absolute atomic E-state index is 0. The number of alkyl halides is 3. The minimum atomic E-state index is -4.39. The van der Waals surface area contributed by atoms with Crippen LogP contribution in [0.15, 0.2) is 36.2 Å². The zero-order valence-electron chi connectivity index (χ0n) is 9.21. The van der Waals surface area contributed by atoms with Crippen molar-refractivity contribution in [1.29, 1.82) is 0 Å². The zero-order valence-corrected chi connectivity index (χ0v) is 10.0. The Bertz CT molecular complexity index is 389. The number of nitrogens with two attached hydrogens (primary N) is 1. The van der Waals surface area contributed by atoms with Crippen molar-refractivity contribution in [2.45, 2.75) is 6.18 Å². The monoisotopic (exact) mass is 285 g/mol. The van der Waals surface area contributed by atoms with E-state index in [4.69, 9.17) is 10.5 Å². The van der Waals surface area contributed by atoms with Crippen molar-refractivity contribution in [3.63, 3.8) is 0 Å². The third kappa shape index (κ3) is 5.37. The van der Waals surface area contributed by atoms with Crippen LogP contribution in [0.2, 0.25) is 0 Å². The molecule has 2 N–H and O–H groups in total. The van der Waals surface area contributed by atoms with Crippen LogP contribution in [0, 0.1) is 0 Å². The molecule has 0 heterocycles. The summed E-state index contributed by atoms with van der Waals surface area (Å²) in [7, 11) is 0. The highest BCUT2D eigenvalue weighted by Crippen LogP contribution is 2.30. The largest absolute Gasteiger partial charge is 0.487 e. The van der Waals surface area contributed by atoms with E-state index in [1.807, 2.05) is 0 Å². The Morgan fingerprint density at radius 3 is 2.22 bits per heavy atom. The van der Waals surface area contributed by atoms with Gasteiger partial charge in [-0.2, -0.15) is 13.2 Å². The summed E-state index contributed by atoms with van der Waals surface area (Å²) < 4.78 is 54.4. The van der Waals surface area contributed by atoms with Gasteiger partial charge < -0.3 is 10.5 Å². The number of hydrogen-bond donors (Lipinski definition) is 1. The van der Waals surface area contributed by atoms with Crippen molar-refractivity contribution < 1.29 is 22.3 Å². The molecule has 0 saturated heterocycles. The fourth-order valence-electron chi connectivity index (χ4n) is 1.08. The molecule has 0 aromatic heterocycles. The summed E-state index contributed by atoms with van der Waals surface area (Å²) in [5, 5.41) is 0. The van der Waals surface area contributed by atoms with Crippen molar-refractivity contribution in [1.82, 2.24) is 0 Å². The molecule has 18 heavy (non-hydrogen) atoms. The number of benzene rings is 1. The Hall–Kier alpha value is -1.27. The molecule has 0 atom stereocenters. The minimum Gasteiger partial charge on any atom is -0.487 e. The van der Waals surface area contributed by atoms with Crippen LogP contribution in [0.4, 0.5) is 17.6 Å². The number of ether oxygens (including phenoxy) is 1. The van der Waals surface area contributed by atoms with Gasteiger partial charge in [0.15, 0.2) is 0 Å². The van der Waals surface area contributed by atoms with E-state index in [0.29, 0.717) is 0 Å². The molecule has 1 aromatic carbocycles. The highest BCUT2D eigenvalue weighted by atomic mass is 35.5. The highest BCUT2D eigenvalue weighted by molar-refractivity contribution is 5.85. The number of hydrogen-bond acceptors (Lipinski definition) is 2. The van der Waals surface area contributed by atoms with E-state index >= 15 is 0 Å². The third-order valence-corrected chi connectivity index (χ3v) is 1.90. The van der Waals surface area contributed by atoms with Crippen molar-refractivity contribution in [3.05, 3.63) is 41.7 Å². The topological polar surface area (TPSA) is 35.2 Å². The summed E-state index contributed by atoms with van der Waals surface area (Å²) in [5.74, 6) is -0.397. The smallest absolute Gasteiger partial charge is 0.416 e. The molecule has 0 fully saturated rings. The molecule has 102 valence electrons. The quantitative estimate of drug-likeness (QED) is 0.861. The summed E-state index contributed by atoms with van der Waals surface area (Å²) in [5.41, 5.74) is 4.29. The van der Waals surface area contributed by atoms with E-state index in [2.05, 4.69) is 0 Å². The van der Waals surface area contributed by atoms with Crippen molar-refractivity contribution in [2.24, 2.45) is 5.73 Å². The van der Waals surface area contributed by atoms with E-state index < -0.39 is 17.6 Å². The Balaban J connectivity index is 0.00000289. The van der Waals surface area contributed by atoms with Crippen molar-refractivity contribution in [2.75, 3.05) is 13.2 Å². The van der Waals surface area contributed by atoms with Gasteiger partial charge >= 0.3 is 6.18 Å². The van der Waals surface area contributed by atoms with Gasteiger partial charge in [0.2, 0.25) is 0 Å². The Morgan fingerprint density at radius 1 is 1.22 bits per heavy atom. The summed E-state index contributed by atoms with van der Waals surface area (Å²) in [6.45, 7) is -0.301. The van der Waals surface area contributed by atoms with E-state index in [9.17, 15) is 17.6 Å². The number of halogens is 5. The fraction of sp³-hybridized carbons (Fsp3) is 0.273. The number of rotatable bonds is 4. The van der Waals surface area contributed by atoms with Crippen LogP contribution in [0.5, 0.6) is 5.75 Å². The van der Waals surface area contributed by atoms with Crippen LogP contribution >= 0.6 is 12.4 Å². The van der Waals surface area contributed by atoms with Gasteiger partial charge in [0.25, 0.3) is 0 Å². The van der Waals surface area contributed by atoms with Crippen LogP contribution in [-0.2, 0) is 6.18 Å². The zero-order chi connectivity index (χ0) is 12.9. The molecule has 7 heteroatoms. The molecular weight excluding hydrogens is 274 g/mol. The molecule has 0 saturated carbocycles. The van der Waals surface area contributed by atoms with E-state index in [1.54, 1.807) is 0 Å². The molecule has 1 aromatic rings. The molecule has 2 nitrogen and oxygen atoms in total. The van der Waals surface area contributed by atoms with Gasteiger partial charge in [-0.3, -0.25) is 0 Å². The van der Waals surface area contributed by atoms with Gasteiger partial charge in [0.05, 0.1) is 5.56 Å². The summed E-state index contributed by atoms with van der Waals surface area (Å²) in [6, 6.07) is 4.02. The first-order valence-corrected chi connectivity index (χ1v) is 4.78. The van der Waals surface area contributed by atoms with Crippen molar-refractivity contribution >= 4 is 12.4 Å². The lowest BCUT2D eigenvalue weighted by molar-refractivity contribution is -0.137. The SMILES string of the molecule is Cl.NC/C=C(/F)COc1ccc(C(F)(F)F)cc1. The Labute approximate surface area is 108 Å². The summed E-state index contributed by atoms with van der Waals surface area (Å²) in [6.07, 6.45) is -3.26. The van der Waals surface area contributed by atoms with Gasteiger partial charge in [0.1, 0.15) is 18.2 Å². The van der Waals surface area contributed by atoms with Crippen molar-refractivity contribution in [3.8, 4) is 5.75 Å². The van der Waals surface area contributed by atoms with Crippen LogP contribution in [-0.4, -0.2) is 13.2 Å². The average molecular weight is 286 g/mol. The van der Waals surface area contributed by atoms with E-state index in [-0.39, 0.29) is 31.3 Å². The van der Waals surface area contributed by atoms with Gasteiger partial charge in [-0.1, -0.05) is 0 Å². The molecular formula is C11H12ClF4NO. The predicted molar refractivity (Wildman–Crippen MR) is 62.4 cm³/mol. The maximum absolute atomic E-state index is 12.8. The van der Waals surface area contributed by atoms with E-state index in [1.165, 1.54) is 0 Å². The normalized spacial score (nSPS) is 11.9. The molecule has 0 radical (unpaired) electrons. The second-order valence-corrected chi connectivity index (χ2v) is 3.20. The maximum Gasteiger partial charge on any atom is 0.416 e. The average Bonchev–Trinajstić information content (AvgIpc) is 2.26. The maximum atomic E-state index is 12.8. The first-order valence-electron chi connectivity index (χ1n) is 4.78. The second-order valence-electron chi connectivity index (χ2n) is 3.20. The lowest BCUT2D eigenvalue weighted by Gasteiger charge is -2.08. The lowest BCUT2D eigenvalue weighted by atomic mass is 10.2. The van der Waals surface area contributed by atoms with Crippen LogP contribution in [0.25, 0.3) is 0 Å². The summed E-state index contributed by atoms with van der Waals surface area (Å²) >= 11 is 0. The van der Waals surface area contributed by atoms with Crippen LogP contribution in [0.3, 0.4) is 0 Å². The molecule has 0 unspecified atom stereocenters. The Morgan fingerprint density at radius 2 is 1.78 bits per heavy atom. The van der Waals surface area contributed by atoms with E-state index in [0.717, 1.165) is 30.3 Å². The molecule has 0 aliphatic rings. The molecule has 0 aliphatic heterocycles. The Kier molecular flexibility index (Phi) is 6.72. The van der Waals surface area contributed by atoms with Crippen LogP contribution < -0.4 is 10.5 Å². The fourth-order valence-corrected chi connectivity index (χ4v) is 1.08. The van der Waals surface area contributed by atoms with Gasteiger partial charge in [-0.15, -0.1) is 12.4 Å². The first kappa shape index (κ1) is 16.7. The lowest BCUT2D eigenvalue weighted by Crippen LogP contribution is -2.05. The van der Waals surface area contributed by atoms with Gasteiger partial charge in [0, 0.05) is 6.54 Å². The molecule has 0 amide bonds. The van der Waals surface area contributed by atoms with Gasteiger partial charge in [-0.25, -0.2) is 4.39 Å².